The van der Waals surface area contributed by atoms with Gasteiger partial charge in [-0.05, 0) is 57.4 Å². The van der Waals surface area contributed by atoms with E-state index in [-0.39, 0.29) is 31.1 Å². The first kappa shape index (κ1) is 23.6. The molecular weight excluding hydrogens is 438 g/mol. The zero-order chi connectivity index (χ0) is 24.2. The molecule has 1 aliphatic rings. The Bertz CT molecular complexity index is 1190. The van der Waals surface area contributed by atoms with Crippen molar-refractivity contribution in [2.45, 2.75) is 58.3 Å². The van der Waals surface area contributed by atoms with Crippen molar-refractivity contribution in [3.8, 4) is 17.3 Å². The lowest BCUT2D eigenvalue weighted by molar-refractivity contribution is -0.138. The van der Waals surface area contributed by atoms with Crippen molar-refractivity contribution in [2.24, 2.45) is 0 Å². The van der Waals surface area contributed by atoms with Gasteiger partial charge in [-0.25, -0.2) is 14.6 Å². The number of nitrogens with zero attached hydrogens (tertiary/aromatic N) is 5. The number of carbonyl (C=O) groups excluding carboxylic acids is 1. The van der Waals surface area contributed by atoms with Gasteiger partial charge in [-0.2, -0.15) is 5.10 Å². The molecule has 3 aromatic rings. The van der Waals surface area contributed by atoms with Crippen LogP contribution in [0.15, 0.2) is 30.5 Å². The number of hydrogen-bond acceptors (Lipinski definition) is 7. The Labute approximate surface area is 197 Å². The van der Waals surface area contributed by atoms with Crippen molar-refractivity contribution < 1.29 is 24.2 Å². The number of carbonyl (C=O) groups is 2. The van der Waals surface area contributed by atoms with Crippen molar-refractivity contribution in [3.05, 3.63) is 30.5 Å². The van der Waals surface area contributed by atoms with Gasteiger partial charge in [0.05, 0.1) is 18.0 Å². The summed E-state index contributed by atoms with van der Waals surface area (Å²) in [6.07, 6.45) is 4.01. The van der Waals surface area contributed by atoms with E-state index in [0.29, 0.717) is 29.7 Å². The molecule has 3 heterocycles. The van der Waals surface area contributed by atoms with E-state index >= 15 is 0 Å². The van der Waals surface area contributed by atoms with E-state index in [9.17, 15) is 9.59 Å². The molecule has 10 heteroatoms. The minimum absolute atomic E-state index is 0.0164. The second-order valence-corrected chi connectivity index (χ2v) is 8.54. The van der Waals surface area contributed by atoms with E-state index in [4.69, 9.17) is 19.7 Å². The summed E-state index contributed by atoms with van der Waals surface area (Å²) in [5.74, 6) is 0.0744. The molecule has 0 saturated carbocycles. The van der Waals surface area contributed by atoms with Gasteiger partial charge in [0.25, 0.3) is 0 Å². The molecule has 4 rings (SSSR count). The number of aliphatic carboxylic acids is 1. The van der Waals surface area contributed by atoms with Gasteiger partial charge in [0.2, 0.25) is 5.91 Å². The van der Waals surface area contributed by atoms with Crippen LogP contribution in [0.2, 0.25) is 0 Å². The number of aromatic nitrogens is 4. The summed E-state index contributed by atoms with van der Waals surface area (Å²) in [6.45, 7) is 4.62. The van der Waals surface area contributed by atoms with Crippen LogP contribution in [0.1, 0.15) is 52.2 Å². The van der Waals surface area contributed by atoms with E-state index in [1.807, 2.05) is 36.7 Å². The van der Waals surface area contributed by atoms with Crippen LogP contribution >= 0.6 is 0 Å². The topological polar surface area (TPSA) is 120 Å². The highest BCUT2D eigenvalue weighted by atomic mass is 16.5. The van der Waals surface area contributed by atoms with Crippen LogP contribution in [-0.2, 0) is 14.3 Å². The summed E-state index contributed by atoms with van der Waals surface area (Å²) < 4.78 is 13.8. The lowest BCUT2D eigenvalue weighted by Gasteiger charge is -2.23. The number of amides is 1. The molecule has 1 atom stereocenters. The predicted octanol–water partition coefficient (Wildman–Crippen LogP) is 3.81. The standard InChI is InChI=1S/C24H29N5O5/c1-15(2)34-16-7-8-18-17(14-16)23(27-29(18)21-6-4-5-13-33-21)24-25-12-11-19(26-24)28(3)20(30)9-10-22(31)32/h7-8,11-12,14-15,21H,4-6,9-10,13H2,1-3H3,(H,31,32). The Balaban J connectivity index is 1.74. The van der Waals surface area contributed by atoms with Crippen molar-refractivity contribution in [2.75, 3.05) is 18.6 Å². The predicted molar refractivity (Wildman–Crippen MR) is 126 cm³/mol. The summed E-state index contributed by atoms with van der Waals surface area (Å²) in [6, 6.07) is 7.42. The fourth-order valence-corrected chi connectivity index (χ4v) is 3.93. The highest BCUT2D eigenvalue weighted by Crippen LogP contribution is 2.34. The third-order valence-electron chi connectivity index (χ3n) is 5.60. The summed E-state index contributed by atoms with van der Waals surface area (Å²) >= 11 is 0. The number of anilines is 1. The molecule has 180 valence electrons. The van der Waals surface area contributed by atoms with E-state index < -0.39 is 5.97 Å². The quantitative estimate of drug-likeness (QED) is 0.531. The van der Waals surface area contributed by atoms with Gasteiger partial charge in [0.15, 0.2) is 12.1 Å². The normalized spacial score (nSPS) is 16.1. The molecule has 1 saturated heterocycles. The molecule has 34 heavy (non-hydrogen) atoms. The Kier molecular flexibility index (Phi) is 7.06. The van der Waals surface area contributed by atoms with Gasteiger partial charge in [0, 0.05) is 31.7 Å². The van der Waals surface area contributed by atoms with Crippen LogP contribution in [0.3, 0.4) is 0 Å². The summed E-state index contributed by atoms with van der Waals surface area (Å²) in [5, 5.41) is 14.5. The smallest absolute Gasteiger partial charge is 0.303 e. The Morgan fingerprint density at radius 2 is 2.09 bits per heavy atom. The molecule has 0 bridgehead atoms. The highest BCUT2D eigenvalue weighted by Gasteiger charge is 2.24. The zero-order valence-electron chi connectivity index (χ0n) is 19.6. The number of fused-ring (bicyclic) bond motifs is 1. The molecule has 0 aliphatic carbocycles. The van der Waals surface area contributed by atoms with Crippen molar-refractivity contribution >= 4 is 28.6 Å². The third kappa shape index (κ3) is 5.17. The molecule has 1 N–H and O–H groups in total. The Morgan fingerprint density at radius 1 is 1.26 bits per heavy atom. The highest BCUT2D eigenvalue weighted by molar-refractivity contribution is 5.95. The first-order valence-corrected chi connectivity index (χ1v) is 11.5. The molecule has 10 nitrogen and oxygen atoms in total. The van der Waals surface area contributed by atoms with Crippen LogP contribution in [0.25, 0.3) is 22.4 Å². The molecule has 1 aliphatic heterocycles. The first-order valence-electron chi connectivity index (χ1n) is 11.5. The van der Waals surface area contributed by atoms with Gasteiger partial charge in [0.1, 0.15) is 17.3 Å². The number of ether oxygens (including phenoxy) is 2. The Hall–Kier alpha value is -3.53. The number of rotatable bonds is 8. The SMILES string of the molecule is CC(C)Oc1ccc2c(c1)c(-c1nccc(N(C)C(=O)CCC(=O)O)n1)nn2C1CCCCO1. The molecule has 0 radical (unpaired) electrons. The monoisotopic (exact) mass is 467 g/mol. The minimum Gasteiger partial charge on any atom is -0.491 e. The number of benzene rings is 1. The van der Waals surface area contributed by atoms with Gasteiger partial charge < -0.3 is 14.6 Å². The molecular formula is C24H29N5O5. The maximum atomic E-state index is 12.4. The van der Waals surface area contributed by atoms with Gasteiger partial charge >= 0.3 is 5.97 Å². The minimum atomic E-state index is -1.02. The zero-order valence-corrected chi connectivity index (χ0v) is 19.6. The third-order valence-corrected chi connectivity index (χ3v) is 5.60. The lowest BCUT2D eigenvalue weighted by atomic mass is 10.1. The van der Waals surface area contributed by atoms with Gasteiger partial charge in [-0.3, -0.25) is 14.5 Å². The second-order valence-electron chi connectivity index (χ2n) is 8.54. The summed E-state index contributed by atoms with van der Waals surface area (Å²) in [5.41, 5.74) is 1.45. The van der Waals surface area contributed by atoms with E-state index in [0.717, 1.165) is 30.2 Å². The molecule has 1 aromatic carbocycles. The van der Waals surface area contributed by atoms with Crippen molar-refractivity contribution in [3.63, 3.8) is 0 Å². The van der Waals surface area contributed by atoms with E-state index in [1.54, 1.807) is 19.3 Å². The summed E-state index contributed by atoms with van der Waals surface area (Å²) in [7, 11) is 1.57. The number of hydrogen-bond donors (Lipinski definition) is 1. The number of carboxylic acids is 1. The van der Waals surface area contributed by atoms with Gasteiger partial charge in [-0.1, -0.05) is 0 Å². The van der Waals surface area contributed by atoms with Crippen LogP contribution in [0, 0.1) is 0 Å². The van der Waals surface area contributed by atoms with E-state index in [1.165, 1.54) is 4.90 Å². The lowest BCUT2D eigenvalue weighted by Crippen LogP contribution is -2.27. The van der Waals surface area contributed by atoms with E-state index in [2.05, 4.69) is 9.97 Å². The Morgan fingerprint density at radius 3 is 2.79 bits per heavy atom. The largest absolute Gasteiger partial charge is 0.491 e. The average Bonchev–Trinajstić information content (AvgIpc) is 3.21. The molecule has 2 aromatic heterocycles. The molecule has 0 spiro atoms. The fourth-order valence-electron chi connectivity index (χ4n) is 3.93. The van der Waals surface area contributed by atoms with Crippen molar-refractivity contribution in [1.82, 2.24) is 19.7 Å². The van der Waals surface area contributed by atoms with Crippen LogP contribution in [-0.4, -0.2) is 56.5 Å². The maximum absolute atomic E-state index is 12.4. The van der Waals surface area contributed by atoms with Crippen LogP contribution < -0.4 is 9.64 Å². The molecule has 1 amide bonds. The number of carboxylic acid groups (broad SMARTS) is 1. The molecule has 1 fully saturated rings. The summed E-state index contributed by atoms with van der Waals surface area (Å²) in [4.78, 5) is 33.6. The maximum Gasteiger partial charge on any atom is 0.303 e. The van der Waals surface area contributed by atoms with Crippen molar-refractivity contribution in [1.29, 1.82) is 0 Å². The fraction of sp³-hybridized carbons (Fsp3) is 0.458. The van der Waals surface area contributed by atoms with Crippen LogP contribution in [0.4, 0.5) is 5.82 Å². The molecule has 1 unspecified atom stereocenters. The first-order chi connectivity index (χ1) is 16.3. The van der Waals surface area contributed by atoms with Crippen LogP contribution in [0.5, 0.6) is 5.75 Å². The van der Waals surface area contributed by atoms with Gasteiger partial charge in [-0.15, -0.1) is 0 Å². The second kappa shape index (κ2) is 10.2. The average molecular weight is 468 g/mol.